The maximum atomic E-state index is 11.4. The molecule has 15 heavy (non-hydrogen) atoms. The first-order valence-electron chi connectivity index (χ1n) is 4.60. The first-order valence-corrected chi connectivity index (χ1v) is 6.31. The van der Waals surface area contributed by atoms with E-state index in [1.165, 1.54) is 0 Å². The quantitative estimate of drug-likeness (QED) is 0.596. The maximum Gasteiger partial charge on any atom is 0.240 e. The van der Waals surface area contributed by atoms with Gasteiger partial charge in [-0.25, -0.2) is 13.6 Å². The van der Waals surface area contributed by atoms with Gasteiger partial charge in [-0.2, -0.15) is 5.26 Å². The van der Waals surface area contributed by atoms with Gasteiger partial charge in [0.2, 0.25) is 15.9 Å². The molecular weight excluding hydrogens is 218 g/mol. The fourth-order valence-electron chi connectivity index (χ4n) is 1.16. The number of hydrogen-bond acceptors (Lipinski definition) is 4. The number of carbonyl (C=O) groups excluding carboxylic acids is 1. The van der Waals surface area contributed by atoms with E-state index in [9.17, 15) is 13.2 Å². The van der Waals surface area contributed by atoms with Crippen molar-refractivity contribution in [3.8, 4) is 6.07 Å². The zero-order valence-corrected chi connectivity index (χ0v) is 9.01. The molecule has 0 aromatic carbocycles. The molecule has 1 amide bonds. The molecule has 6 nitrogen and oxygen atoms in total. The van der Waals surface area contributed by atoms with E-state index in [2.05, 4.69) is 5.32 Å². The van der Waals surface area contributed by atoms with Crippen LogP contribution in [0.5, 0.6) is 0 Å². The number of nitrogens with two attached hydrogens (primary N) is 1. The fourth-order valence-corrected chi connectivity index (χ4v) is 1.71. The lowest BCUT2D eigenvalue weighted by molar-refractivity contribution is -0.124. The number of nitrogens with one attached hydrogen (secondary N) is 1. The van der Waals surface area contributed by atoms with Crippen LogP contribution in [0.4, 0.5) is 0 Å². The lowest BCUT2D eigenvalue weighted by Gasteiger charge is -2.07. The molecular formula is C8H13N3O3S. The van der Waals surface area contributed by atoms with Crippen LogP contribution in [0.25, 0.3) is 0 Å². The molecule has 1 aliphatic carbocycles. The normalized spacial score (nSPS) is 17.9. The minimum absolute atomic E-state index is 0.160. The second kappa shape index (κ2) is 4.16. The summed E-state index contributed by atoms with van der Waals surface area (Å²) in [5.74, 6) is -0.466. The van der Waals surface area contributed by atoms with Crippen molar-refractivity contribution >= 4 is 15.9 Å². The van der Waals surface area contributed by atoms with Crippen molar-refractivity contribution in [1.82, 2.24) is 5.32 Å². The molecule has 1 saturated carbocycles. The Morgan fingerprint density at radius 2 is 2.13 bits per heavy atom. The number of nitrogens with zero attached hydrogens (tertiary/aromatic N) is 1. The zero-order chi connectivity index (χ0) is 11.5. The van der Waals surface area contributed by atoms with E-state index in [0.717, 1.165) is 0 Å². The third-order valence-electron chi connectivity index (χ3n) is 2.29. The van der Waals surface area contributed by atoms with Gasteiger partial charge in [0.15, 0.2) is 0 Å². The van der Waals surface area contributed by atoms with Crippen LogP contribution in [0, 0.1) is 16.7 Å². The highest BCUT2D eigenvalue weighted by Crippen LogP contribution is 2.44. The van der Waals surface area contributed by atoms with Gasteiger partial charge >= 0.3 is 0 Å². The summed E-state index contributed by atoms with van der Waals surface area (Å²) in [6.45, 7) is 0.235. The summed E-state index contributed by atoms with van der Waals surface area (Å²) in [5, 5.41) is 16.0. The van der Waals surface area contributed by atoms with Crippen molar-refractivity contribution in [2.75, 3.05) is 12.3 Å². The molecule has 1 fully saturated rings. The lowest BCUT2D eigenvalue weighted by atomic mass is 10.1. The van der Waals surface area contributed by atoms with Crippen molar-refractivity contribution in [3.05, 3.63) is 0 Å². The number of rotatable bonds is 5. The summed E-state index contributed by atoms with van der Waals surface area (Å²) >= 11 is 0. The monoisotopic (exact) mass is 231 g/mol. The Morgan fingerprint density at radius 1 is 1.53 bits per heavy atom. The topological polar surface area (TPSA) is 113 Å². The Morgan fingerprint density at radius 3 is 2.53 bits per heavy atom. The summed E-state index contributed by atoms with van der Waals surface area (Å²) in [5.41, 5.74) is -0.846. The first-order chi connectivity index (χ1) is 6.90. The molecule has 0 heterocycles. The Bertz CT molecular complexity index is 392. The average Bonchev–Trinajstić information content (AvgIpc) is 2.91. The van der Waals surface area contributed by atoms with Gasteiger partial charge in [-0.05, 0) is 19.3 Å². The highest BCUT2D eigenvalue weighted by atomic mass is 32.2. The highest BCUT2D eigenvalue weighted by Gasteiger charge is 2.50. The largest absolute Gasteiger partial charge is 0.355 e. The van der Waals surface area contributed by atoms with Crippen LogP contribution < -0.4 is 10.5 Å². The number of hydrogen-bond donors (Lipinski definition) is 2. The SMILES string of the molecule is N#CC1(C(=O)NCCCS(N)(=O)=O)CC1. The van der Waals surface area contributed by atoms with Crippen LogP contribution in [-0.4, -0.2) is 26.6 Å². The molecule has 0 aliphatic heterocycles. The molecule has 0 saturated heterocycles. The Kier molecular flexibility index (Phi) is 3.31. The van der Waals surface area contributed by atoms with Crippen LogP contribution in [0.3, 0.4) is 0 Å². The van der Waals surface area contributed by atoms with Crippen LogP contribution in [-0.2, 0) is 14.8 Å². The van der Waals surface area contributed by atoms with Crippen LogP contribution in [0.1, 0.15) is 19.3 Å². The van der Waals surface area contributed by atoms with Gasteiger partial charge in [-0.1, -0.05) is 0 Å². The second-order valence-corrected chi connectivity index (χ2v) is 5.40. The Balaban J connectivity index is 2.22. The third-order valence-corrected chi connectivity index (χ3v) is 3.15. The van der Waals surface area contributed by atoms with E-state index < -0.39 is 15.4 Å². The second-order valence-electron chi connectivity index (χ2n) is 3.67. The Labute approximate surface area is 88.5 Å². The van der Waals surface area contributed by atoms with Crippen LogP contribution in [0.15, 0.2) is 0 Å². The molecule has 0 spiro atoms. The van der Waals surface area contributed by atoms with E-state index in [1.807, 2.05) is 6.07 Å². The number of nitriles is 1. The van der Waals surface area contributed by atoms with E-state index in [1.54, 1.807) is 0 Å². The highest BCUT2D eigenvalue weighted by molar-refractivity contribution is 7.89. The first kappa shape index (κ1) is 11.9. The van der Waals surface area contributed by atoms with Gasteiger partial charge < -0.3 is 5.32 Å². The summed E-state index contributed by atoms with van der Waals surface area (Å²) in [7, 11) is -3.46. The molecule has 0 aromatic rings. The zero-order valence-electron chi connectivity index (χ0n) is 8.19. The predicted octanol–water partition coefficient (Wildman–Crippen LogP) is -0.915. The van der Waals surface area contributed by atoms with E-state index in [0.29, 0.717) is 12.8 Å². The van der Waals surface area contributed by atoms with Crippen molar-refractivity contribution in [1.29, 1.82) is 5.26 Å². The molecule has 0 unspecified atom stereocenters. The lowest BCUT2D eigenvalue weighted by Crippen LogP contribution is -2.33. The van der Waals surface area contributed by atoms with Gasteiger partial charge in [-0.3, -0.25) is 4.79 Å². The summed E-state index contributed by atoms with van der Waals surface area (Å²) in [6, 6.07) is 1.95. The number of carbonyl (C=O) groups is 1. The molecule has 1 aliphatic rings. The molecule has 84 valence electrons. The van der Waals surface area contributed by atoms with Crippen molar-refractivity contribution in [3.63, 3.8) is 0 Å². The maximum absolute atomic E-state index is 11.4. The predicted molar refractivity (Wildman–Crippen MR) is 52.9 cm³/mol. The van der Waals surface area contributed by atoms with Gasteiger partial charge in [0.1, 0.15) is 5.41 Å². The van der Waals surface area contributed by atoms with E-state index >= 15 is 0 Å². The number of amides is 1. The summed E-state index contributed by atoms with van der Waals surface area (Å²) < 4.78 is 21.1. The molecule has 0 atom stereocenters. The molecule has 3 N–H and O–H groups in total. The van der Waals surface area contributed by atoms with Crippen LogP contribution >= 0.6 is 0 Å². The van der Waals surface area contributed by atoms with E-state index in [4.69, 9.17) is 10.4 Å². The minimum atomic E-state index is -3.46. The number of primary sulfonamides is 1. The minimum Gasteiger partial charge on any atom is -0.355 e. The van der Waals surface area contributed by atoms with Crippen molar-refractivity contribution in [2.24, 2.45) is 10.6 Å². The van der Waals surface area contributed by atoms with Crippen molar-refractivity contribution < 1.29 is 13.2 Å². The molecule has 7 heteroatoms. The molecule has 1 rings (SSSR count). The Hall–Kier alpha value is -1.13. The summed E-state index contributed by atoms with van der Waals surface area (Å²) in [6.07, 6.45) is 1.45. The molecule has 0 radical (unpaired) electrons. The van der Waals surface area contributed by atoms with Gasteiger partial charge in [0.25, 0.3) is 0 Å². The smallest absolute Gasteiger partial charge is 0.240 e. The van der Waals surface area contributed by atoms with E-state index in [-0.39, 0.29) is 24.6 Å². The fraction of sp³-hybridized carbons (Fsp3) is 0.750. The van der Waals surface area contributed by atoms with Crippen LogP contribution in [0.2, 0.25) is 0 Å². The van der Waals surface area contributed by atoms with Gasteiger partial charge in [0, 0.05) is 6.54 Å². The standard InChI is InChI=1S/C8H13N3O3S/c9-6-8(2-3-8)7(12)11-4-1-5-15(10,13)14/h1-5H2,(H,11,12)(H2,10,13,14). The molecule has 0 bridgehead atoms. The number of sulfonamides is 1. The van der Waals surface area contributed by atoms with Gasteiger partial charge in [0.05, 0.1) is 11.8 Å². The van der Waals surface area contributed by atoms with Gasteiger partial charge in [-0.15, -0.1) is 0 Å². The van der Waals surface area contributed by atoms with Crippen molar-refractivity contribution in [2.45, 2.75) is 19.3 Å². The summed E-state index contributed by atoms with van der Waals surface area (Å²) in [4.78, 5) is 11.4. The average molecular weight is 231 g/mol. The third kappa shape index (κ3) is 3.49. The molecule has 0 aromatic heterocycles.